The molecule has 0 aliphatic heterocycles. The van der Waals surface area contributed by atoms with Crippen LogP contribution in [0.15, 0.2) is 0 Å². The van der Waals surface area contributed by atoms with Crippen LogP contribution in [0.1, 0.15) is 96.8 Å². The molecule has 2 aliphatic carbocycles. The van der Waals surface area contributed by atoms with Crippen LogP contribution in [0.3, 0.4) is 0 Å². The zero-order chi connectivity index (χ0) is 13.6. The normalized spacial score (nSPS) is 39.5. The summed E-state index contributed by atoms with van der Waals surface area (Å²) in [6.07, 6.45) is 20.0. The first kappa shape index (κ1) is 15.7. The predicted molar refractivity (Wildman–Crippen MR) is 85.9 cm³/mol. The van der Waals surface area contributed by atoms with Gasteiger partial charge in [0.2, 0.25) is 0 Å². The third-order valence-corrected chi connectivity index (χ3v) is 5.99. The number of rotatable bonds is 0. The summed E-state index contributed by atoms with van der Waals surface area (Å²) in [4.78, 5) is 0.0907. The van der Waals surface area contributed by atoms with E-state index in [9.17, 15) is 0 Å². The Kier molecular flexibility index (Phi) is 6.53. The number of halogens is 1. The fourth-order valence-corrected chi connectivity index (χ4v) is 4.61. The van der Waals surface area contributed by atoms with Crippen LogP contribution in [0, 0.1) is 11.8 Å². The molecular formula is C18H33Cl. The van der Waals surface area contributed by atoms with E-state index in [1.54, 1.807) is 0 Å². The van der Waals surface area contributed by atoms with E-state index >= 15 is 0 Å². The summed E-state index contributed by atoms with van der Waals surface area (Å²) in [7, 11) is 0. The molecule has 0 heterocycles. The van der Waals surface area contributed by atoms with Crippen LogP contribution in [-0.2, 0) is 0 Å². The third-order valence-electron chi connectivity index (χ3n) is 5.61. The van der Waals surface area contributed by atoms with Crippen LogP contribution in [0.2, 0.25) is 0 Å². The van der Waals surface area contributed by atoms with Crippen LogP contribution in [0.4, 0.5) is 0 Å². The molecular weight excluding hydrogens is 252 g/mol. The number of hydrogen-bond acceptors (Lipinski definition) is 0. The van der Waals surface area contributed by atoms with Gasteiger partial charge in [0, 0.05) is 4.87 Å². The van der Waals surface area contributed by atoms with Gasteiger partial charge in [0.15, 0.2) is 0 Å². The lowest BCUT2D eigenvalue weighted by Gasteiger charge is -2.28. The van der Waals surface area contributed by atoms with Gasteiger partial charge < -0.3 is 0 Å². The minimum absolute atomic E-state index is 0.0907. The molecule has 2 saturated carbocycles. The van der Waals surface area contributed by atoms with E-state index in [1.165, 1.54) is 89.9 Å². The Labute approximate surface area is 125 Å². The van der Waals surface area contributed by atoms with E-state index in [-0.39, 0.29) is 4.87 Å². The average molecular weight is 285 g/mol. The molecule has 1 heteroatoms. The molecule has 2 atom stereocenters. The van der Waals surface area contributed by atoms with Gasteiger partial charge in [0.25, 0.3) is 0 Å². The van der Waals surface area contributed by atoms with Crippen molar-refractivity contribution in [1.82, 2.24) is 0 Å². The van der Waals surface area contributed by atoms with Gasteiger partial charge in [-0.1, -0.05) is 77.0 Å². The van der Waals surface area contributed by atoms with Gasteiger partial charge >= 0.3 is 0 Å². The Bertz CT molecular complexity index is 222. The first-order valence-corrected chi connectivity index (χ1v) is 9.24. The van der Waals surface area contributed by atoms with Gasteiger partial charge in [0.1, 0.15) is 0 Å². The molecule has 0 radical (unpaired) electrons. The quantitative estimate of drug-likeness (QED) is 0.434. The van der Waals surface area contributed by atoms with E-state index in [2.05, 4.69) is 6.92 Å². The van der Waals surface area contributed by atoms with Crippen molar-refractivity contribution in [3.63, 3.8) is 0 Å². The molecule has 2 unspecified atom stereocenters. The third kappa shape index (κ3) is 5.66. The Morgan fingerprint density at radius 2 is 1.00 bits per heavy atom. The van der Waals surface area contributed by atoms with E-state index in [4.69, 9.17) is 11.6 Å². The maximum atomic E-state index is 6.64. The largest absolute Gasteiger partial charge is 0.120 e. The Balaban J connectivity index is 1.94. The molecule has 112 valence electrons. The molecule has 0 nitrogen and oxygen atoms in total. The van der Waals surface area contributed by atoms with Crippen molar-refractivity contribution < 1.29 is 0 Å². The highest BCUT2D eigenvalue weighted by Gasteiger charge is 2.27. The fraction of sp³-hybridized carbons (Fsp3) is 1.00. The monoisotopic (exact) mass is 284 g/mol. The van der Waals surface area contributed by atoms with Crippen molar-refractivity contribution in [1.29, 1.82) is 0 Å². The number of alkyl halides is 1. The lowest BCUT2D eigenvalue weighted by atomic mass is 9.78. The second-order valence-corrected chi connectivity index (χ2v) is 8.33. The molecule has 0 N–H and O–H groups in total. The second kappa shape index (κ2) is 7.91. The summed E-state index contributed by atoms with van der Waals surface area (Å²) < 4.78 is 0. The van der Waals surface area contributed by atoms with Crippen LogP contribution in [0.25, 0.3) is 0 Å². The first-order valence-electron chi connectivity index (χ1n) is 8.86. The Hall–Kier alpha value is 0.290. The van der Waals surface area contributed by atoms with Crippen molar-refractivity contribution >= 4 is 11.6 Å². The lowest BCUT2D eigenvalue weighted by molar-refractivity contribution is 0.240. The molecule has 0 aromatic rings. The first-order chi connectivity index (χ1) is 9.17. The summed E-state index contributed by atoms with van der Waals surface area (Å²) in [6.45, 7) is 2.26. The summed E-state index contributed by atoms with van der Waals surface area (Å²) in [6, 6.07) is 0. The highest BCUT2D eigenvalue weighted by Crippen LogP contribution is 2.39. The highest BCUT2D eigenvalue weighted by molar-refractivity contribution is 6.23. The van der Waals surface area contributed by atoms with Gasteiger partial charge in [-0.3, -0.25) is 0 Å². The maximum absolute atomic E-state index is 6.64. The van der Waals surface area contributed by atoms with E-state index < -0.39 is 0 Å². The molecule has 2 aliphatic rings. The van der Waals surface area contributed by atoms with Crippen LogP contribution >= 0.6 is 11.6 Å². The minimum atomic E-state index is 0.0907. The van der Waals surface area contributed by atoms with Crippen LogP contribution in [0.5, 0.6) is 0 Å². The van der Waals surface area contributed by atoms with Crippen LogP contribution < -0.4 is 0 Å². The lowest BCUT2D eigenvalue weighted by Crippen LogP contribution is -2.16. The molecule has 0 saturated heterocycles. The second-order valence-electron chi connectivity index (χ2n) is 7.42. The topological polar surface area (TPSA) is 0 Å². The van der Waals surface area contributed by atoms with Gasteiger partial charge in [0.05, 0.1) is 0 Å². The summed E-state index contributed by atoms with van der Waals surface area (Å²) in [5.74, 6) is 2.03. The van der Waals surface area contributed by atoms with Gasteiger partial charge in [-0.25, -0.2) is 0 Å². The number of hydrogen-bond donors (Lipinski definition) is 0. The van der Waals surface area contributed by atoms with E-state index in [0.29, 0.717) is 0 Å². The molecule has 0 spiro atoms. The molecule has 0 amide bonds. The summed E-state index contributed by atoms with van der Waals surface area (Å²) in [5.41, 5.74) is 0. The van der Waals surface area contributed by atoms with E-state index in [0.717, 1.165) is 11.8 Å². The smallest absolute Gasteiger partial charge is 0.0418 e. The number of fused-ring (bicyclic) bond motifs is 1. The maximum Gasteiger partial charge on any atom is 0.0418 e. The van der Waals surface area contributed by atoms with Crippen molar-refractivity contribution in [2.45, 2.75) is 102 Å². The van der Waals surface area contributed by atoms with E-state index in [1.807, 2.05) is 0 Å². The zero-order valence-corrected chi connectivity index (χ0v) is 13.7. The molecule has 0 aromatic carbocycles. The predicted octanol–water partition coefficient (Wildman–Crippen LogP) is 6.70. The molecule has 19 heavy (non-hydrogen) atoms. The molecule has 2 fully saturated rings. The molecule has 0 bridgehead atoms. The van der Waals surface area contributed by atoms with Gasteiger partial charge in [-0.05, 0) is 31.6 Å². The van der Waals surface area contributed by atoms with Crippen molar-refractivity contribution in [3.8, 4) is 0 Å². The standard InChI is InChI=1S/C18H33Cl/c1-18(19)14-8-12-16-10-6-4-2-3-5-7-11-17(16)13-9-15-18/h16-17H,2-15H2,1H3. The molecule has 0 aromatic heterocycles. The minimum Gasteiger partial charge on any atom is -0.120 e. The zero-order valence-electron chi connectivity index (χ0n) is 12.9. The Morgan fingerprint density at radius 3 is 1.47 bits per heavy atom. The summed E-state index contributed by atoms with van der Waals surface area (Å²) >= 11 is 6.64. The van der Waals surface area contributed by atoms with Gasteiger partial charge in [-0.2, -0.15) is 0 Å². The Morgan fingerprint density at radius 1 is 0.632 bits per heavy atom. The van der Waals surface area contributed by atoms with Crippen molar-refractivity contribution in [2.24, 2.45) is 11.8 Å². The van der Waals surface area contributed by atoms with Crippen molar-refractivity contribution in [3.05, 3.63) is 0 Å². The molecule has 2 rings (SSSR count). The fourth-order valence-electron chi connectivity index (χ4n) is 4.34. The highest BCUT2D eigenvalue weighted by atomic mass is 35.5. The van der Waals surface area contributed by atoms with Crippen molar-refractivity contribution in [2.75, 3.05) is 0 Å². The van der Waals surface area contributed by atoms with Gasteiger partial charge in [-0.15, -0.1) is 11.6 Å². The summed E-state index contributed by atoms with van der Waals surface area (Å²) in [5, 5.41) is 0. The SMILES string of the molecule is CC1(Cl)CCCC2CCCCCCCCC2CCC1. The average Bonchev–Trinajstić information content (AvgIpc) is 2.43. The van der Waals surface area contributed by atoms with Crippen LogP contribution in [-0.4, -0.2) is 4.87 Å².